The Morgan fingerprint density at radius 3 is 2.45 bits per heavy atom. The number of ether oxygens (including phenoxy) is 2. The van der Waals surface area contributed by atoms with Crippen molar-refractivity contribution in [3.05, 3.63) is 41.6 Å². The summed E-state index contributed by atoms with van der Waals surface area (Å²) < 4.78 is 15.6. The molecule has 106 valence electrons. The van der Waals surface area contributed by atoms with Crippen molar-refractivity contribution in [2.45, 2.75) is 13.5 Å². The average Bonchev–Trinajstić information content (AvgIpc) is 2.89. The van der Waals surface area contributed by atoms with Gasteiger partial charge in [-0.05, 0) is 19.1 Å². The number of carbonyl (C=O) groups is 1. The van der Waals surface area contributed by atoms with E-state index in [9.17, 15) is 4.79 Å². The maximum absolute atomic E-state index is 12.3. The van der Waals surface area contributed by atoms with E-state index in [1.807, 2.05) is 6.92 Å². The monoisotopic (exact) mass is 276 g/mol. The van der Waals surface area contributed by atoms with Crippen molar-refractivity contribution in [1.29, 1.82) is 0 Å². The number of rotatable bonds is 5. The lowest BCUT2D eigenvalue weighted by Gasteiger charge is -2.12. The first-order valence-electron chi connectivity index (χ1n) is 6.05. The highest BCUT2D eigenvalue weighted by Crippen LogP contribution is 2.28. The SMILES string of the molecule is COc1cccc(OC)c1C(=O)NCc1ocnc1C. The molecule has 0 atom stereocenters. The third-order valence-corrected chi connectivity index (χ3v) is 2.91. The Hall–Kier alpha value is -2.50. The zero-order valence-electron chi connectivity index (χ0n) is 11.6. The van der Waals surface area contributed by atoms with Crippen molar-refractivity contribution in [3.63, 3.8) is 0 Å². The molecule has 0 fully saturated rings. The molecule has 0 aliphatic rings. The van der Waals surface area contributed by atoms with Crippen LogP contribution in [0.15, 0.2) is 29.0 Å². The van der Waals surface area contributed by atoms with Gasteiger partial charge in [0, 0.05) is 0 Å². The van der Waals surface area contributed by atoms with E-state index >= 15 is 0 Å². The van der Waals surface area contributed by atoms with Gasteiger partial charge in [0.1, 0.15) is 22.8 Å². The number of carbonyl (C=O) groups excluding carboxylic acids is 1. The molecule has 1 heterocycles. The number of nitrogens with zero attached hydrogens (tertiary/aromatic N) is 1. The van der Waals surface area contributed by atoms with Crippen LogP contribution in [0, 0.1) is 6.92 Å². The lowest BCUT2D eigenvalue weighted by molar-refractivity contribution is 0.0941. The summed E-state index contributed by atoms with van der Waals surface area (Å²) in [7, 11) is 3.01. The highest BCUT2D eigenvalue weighted by atomic mass is 16.5. The number of methoxy groups -OCH3 is 2. The first-order chi connectivity index (χ1) is 9.67. The molecular formula is C14H16N2O4. The number of aryl methyl sites for hydroxylation is 1. The fourth-order valence-corrected chi connectivity index (χ4v) is 1.82. The molecule has 0 unspecified atom stereocenters. The van der Waals surface area contributed by atoms with E-state index in [0.717, 1.165) is 5.69 Å². The molecule has 0 aliphatic heterocycles. The van der Waals surface area contributed by atoms with Crippen molar-refractivity contribution < 1.29 is 18.7 Å². The van der Waals surface area contributed by atoms with Gasteiger partial charge in [-0.15, -0.1) is 0 Å². The zero-order valence-corrected chi connectivity index (χ0v) is 11.6. The number of hydrogen-bond donors (Lipinski definition) is 1. The van der Waals surface area contributed by atoms with Crippen molar-refractivity contribution >= 4 is 5.91 Å². The molecule has 0 saturated heterocycles. The lowest BCUT2D eigenvalue weighted by Crippen LogP contribution is -2.24. The topological polar surface area (TPSA) is 73.6 Å². The summed E-state index contributed by atoms with van der Waals surface area (Å²) in [5.41, 5.74) is 1.10. The summed E-state index contributed by atoms with van der Waals surface area (Å²) in [6.45, 7) is 2.07. The van der Waals surface area contributed by atoms with Crippen molar-refractivity contribution in [2.75, 3.05) is 14.2 Å². The van der Waals surface area contributed by atoms with Crippen LogP contribution in [0.3, 0.4) is 0 Å². The second-order valence-corrected chi connectivity index (χ2v) is 4.08. The van der Waals surface area contributed by atoms with E-state index in [-0.39, 0.29) is 12.5 Å². The predicted molar refractivity (Wildman–Crippen MR) is 72.0 cm³/mol. The summed E-state index contributed by atoms with van der Waals surface area (Å²) in [5, 5.41) is 2.76. The average molecular weight is 276 g/mol. The van der Waals surface area contributed by atoms with Gasteiger partial charge in [-0.3, -0.25) is 4.79 Å². The van der Waals surface area contributed by atoms with Crippen LogP contribution in [0.5, 0.6) is 11.5 Å². The van der Waals surface area contributed by atoms with Crippen LogP contribution < -0.4 is 14.8 Å². The summed E-state index contributed by atoms with van der Waals surface area (Å²) in [4.78, 5) is 16.2. The summed E-state index contributed by atoms with van der Waals surface area (Å²) in [6, 6.07) is 5.17. The summed E-state index contributed by atoms with van der Waals surface area (Å²) in [5.74, 6) is 1.23. The van der Waals surface area contributed by atoms with E-state index < -0.39 is 0 Å². The normalized spacial score (nSPS) is 10.2. The van der Waals surface area contributed by atoms with Gasteiger partial charge in [0.25, 0.3) is 5.91 Å². The molecule has 0 aliphatic carbocycles. The molecule has 20 heavy (non-hydrogen) atoms. The van der Waals surface area contributed by atoms with E-state index in [1.165, 1.54) is 20.6 Å². The molecule has 0 spiro atoms. The second kappa shape index (κ2) is 6.10. The third kappa shape index (κ3) is 2.74. The molecule has 1 aromatic carbocycles. The van der Waals surface area contributed by atoms with Crippen LogP contribution in [0.2, 0.25) is 0 Å². The Kier molecular flexibility index (Phi) is 4.24. The first kappa shape index (κ1) is 13.9. The highest BCUT2D eigenvalue weighted by molar-refractivity contribution is 5.99. The third-order valence-electron chi connectivity index (χ3n) is 2.91. The van der Waals surface area contributed by atoms with Crippen LogP contribution in [0.1, 0.15) is 21.8 Å². The Balaban J connectivity index is 2.18. The molecule has 1 amide bonds. The van der Waals surface area contributed by atoms with Gasteiger partial charge in [-0.2, -0.15) is 0 Å². The van der Waals surface area contributed by atoms with E-state index in [1.54, 1.807) is 18.2 Å². The van der Waals surface area contributed by atoms with Crippen LogP contribution in [-0.2, 0) is 6.54 Å². The molecule has 0 saturated carbocycles. The van der Waals surface area contributed by atoms with Gasteiger partial charge < -0.3 is 19.2 Å². The number of nitrogens with one attached hydrogen (secondary N) is 1. The number of benzene rings is 1. The van der Waals surface area contributed by atoms with Gasteiger partial charge in [0.2, 0.25) is 0 Å². The largest absolute Gasteiger partial charge is 0.496 e. The maximum atomic E-state index is 12.3. The highest BCUT2D eigenvalue weighted by Gasteiger charge is 2.18. The molecule has 6 nitrogen and oxygen atoms in total. The minimum absolute atomic E-state index is 0.256. The molecule has 1 aromatic heterocycles. The Morgan fingerprint density at radius 1 is 1.30 bits per heavy atom. The lowest BCUT2D eigenvalue weighted by atomic mass is 10.1. The number of amides is 1. The minimum atomic E-state index is -0.296. The summed E-state index contributed by atoms with van der Waals surface area (Å²) in [6.07, 6.45) is 1.35. The van der Waals surface area contributed by atoms with Crippen molar-refractivity contribution in [1.82, 2.24) is 10.3 Å². The van der Waals surface area contributed by atoms with Gasteiger partial charge in [-0.25, -0.2) is 4.98 Å². The van der Waals surface area contributed by atoms with E-state index in [2.05, 4.69) is 10.3 Å². The molecular weight excluding hydrogens is 260 g/mol. The smallest absolute Gasteiger partial charge is 0.259 e. The van der Waals surface area contributed by atoms with Gasteiger partial charge in [0.15, 0.2) is 6.39 Å². The van der Waals surface area contributed by atoms with Gasteiger partial charge >= 0.3 is 0 Å². The van der Waals surface area contributed by atoms with Crippen molar-refractivity contribution in [2.24, 2.45) is 0 Å². The fourth-order valence-electron chi connectivity index (χ4n) is 1.82. The van der Waals surface area contributed by atoms with E-state index in [4.69, 9.17) is 13.9 Å². The number of aromatic nitrogens is 1. The van der Waals surface area contributed by atoms with Crippen molar-refractivity contribution in [3.8, 4) is 11.5 Å². The molecule has 0 radical (unpaired) electrons. The van der Waals surface area contributed by atoms with Crippen LogP contribution in [0.4, 0.5) is 0 Å². The van der Waals surface area contributed by atoms with E-state index in [0.29, 0.717) is 22.8 Å². The standard InChI is InChI=1S/C14H16N2O4/c1-9-12(20-8-16-9)7-15-14(17)13-10(18-2)5-4-6-11(13)19-3/h4-6,8H,7H2,1-3H3,(H,15,17). The molecule has 1 N–H and O–H groups in total. The Bertz CT molecular complexity index is 585. The Morgan fingerprint density at radius 2 is 1.95 bits per heavy atom. The molecule has 6 heteroatoms. The van der Waals surface area contributed by atoms with Crippen LogP contribution >= 0.6 is 0 Å². The Labute approximate surface area is 116 Å². The predicted octanol–water partition coefficient (Wildman–Crippen LogP) is 1.93. The quantitative estimate of drug-likeness (QED) is 0.903. The molecule has 2 aromatic rings. The second-order valence-electron chi connectivity index (χ2n) is 4.08. The van der Waals surface area contributed by atoms with Crippen LogP contribution in [-0.4, -0.2) is 25.1 Å². The number of hydrogen-bond acceptors (Lipinski definition) is 5. The summed E-state index contributed by atoms with van der Waals surface area (Å²) >= 11 is 0. The fraction of sp³-hybridized carbons (Fsp3) is 0.286. The first-order valence-corrected chi connectivity index (χ1v) is 6.05. The molecule has 0 bridgehead atoms. The zero-order chi connectivity index (χ0) is 14.5. The molecule has 2 rings (SSSR count). The minimum Gasteiger partial charge on any atom is -0.496 e. The number of oxazole rings is 1. The van der Waals surface area contributed by atoms with Gasteiger partial charge in [-0.1, -0.05) is 6.07 Å². The van der Waals surface area contributed by atoms with Crippen LogP contribution in [0.25, 0.3) is 0 Å². The van der Waals surface area contributed by atoms with Gasteiger partial charge in [0.05, 0.1) is 26.5 Å². The maximum Gasteiger partial charge on any atom is 0.259 e.